The van der Waals surface area contributed by atoms with Gasteiger partial charge < -0.3 is 4.74 Å². The molecule has 0 aliphatic heterocycles. The minimum Gasteiger partial charge on any atom is -0.465 e. The summed E-state index contributed by atoms with van der Waals surface area (Å²) in [5.41, 5.74) is 0.765. The molecule has 0 radical (unpaired) electrons. The van der Waals surface area contributed by atoms with Gasteiger partial charge in [-0.3, -0.25) is 4.79 Å². The van der Waals surface area contributed by atoms with E-state index < -0.39 is 11.3 Å². The lowest BCUT2D eigenvalue weighted by Crippen LogP contribution is -2.11. The summed E-state index contributed by atoms with van der Waals surface area (Å²) in [6.45, 7) is 1.59. The Bertz CT molecular complexity index is 385. The fourth-order valence-corrected chi connectivity index (χ4v) is 1.27. The number of rotatable bonds is 3. The molecule has 80 valence electrons. The summed E-state index contributed by atoms with van der Waals surface area (Å²) >= 11 is 5.66. The van der Waals surface area contributed by atoms with E-state index in [9.17, 15) is 9.59 Å². The van der Waals surface area contributed by atoms with Gasteiger partial charge in [0, 0.05) is 5.56 Å². The molecule has 1 atom stereocenters. The van der Waals surface area contributed by atoms with E-state index >= 15 is 0 Å². The Balaban J connectivity index is 3.02. The Hall–Kier alpha value is -1.35. The van der Waals surface area contributed by atoms with Crippen molar-refractivity contribution in [1.82, 2.24) is 0 Å². The molecule has 0 amide bonds. The molecule has 15 heavy (non-hydrogen) atoms. The number of ketones is 1. The van der Waals surface area contributed by atoms with E-state index in [2.05, 4.69) is 4.74 Å². The number of halogens is 1. The molecule has 0 aromatic heterocycles. The van der Waals surface area contributed by atoms with Gasteiger partial charge in [0.15, 0.2) is 5.78 Å². The first-order chi connectivity index (χ1) is 7.06. The lowest BCUT2D eigenvalue weighted by molar-refractivity contribution is 0.0600. The van der Waals surface area contributed by atoms with Crippen molar-refractivity contribution in [2.24, 2.45) is 0 Å². The van der Waals surface area contributed by atoms with Crippen LogP contribution in [0, 0.1) is 0 Å². The third-order valence-corrected chi connectivity index (χ3v) is 2.13. The van der Waals surface area contributed by atoms with E-state index in [0.29, 0.717) is 11.1 Å². The standard InChI is InChI=1S/C11H11ClO3/c1-7(12)10(13)8-4-3-5-9(6-8)11(14)15-2/h3-7H,1-2H3. The van der Waals surface area contributed by atoms with E-state index in [0.717, 1.165) is 0 Å². The number of methoxy groups -OCH3 is 1. The van der Waals surface area contributed by atoms with Gasteiger partial charge in [-0.05, 0) is 19.1 Å². The van der Waals surface area contributed by atoms with E-state index in [1.165, 1.54) is 13.2 Å². The second-order valence-corrected chi connectivity index (χ2v) is 3.71. The maximum atomic E-state index is 11.5. The van der Waals surface area contributed by atoms with E-state index in [1.54, 1.807) is 25.1 Å². The van der Waals surface area contributed by atoms with Gasteiger partial charge >= 0.3 is 5.97 Å². The third kappa shape index (κ3) is 2.80. The van der Waals surface area contributed by atoms with Crippen LogP contribution in [0.15, 0.2) is 24.3 Å². The first kappa shape index (κ1) is 11.7. The lowest BCUT2D eigenvalue weighted by atomic mass is 10.1. The Morgan fingerprint density at radius 3 is 2.47 bits per heavy atom. The van der Waals surface area contributed by atoms with E-state index in [4.69, 9.17) is 11.6 Å². The largest absolute Gasteiger partial charge is 0.465 e. The van der Waals surface area contributed by atoms with Crippen molar-refractivity contribution in [1.29, 1.82) is 0 Å². The van der Waals surface area contributed by atoms with Crippen LogP contribution in [0.5, 0.6) is 0 Å². The molecular weight excluding hydrogens is 216 g/mol. The summed E-state index contributed by atoms with van der Waals surface area (Å²) in [5.74, 6) is -0.672. The van der Waals surface area contributed by atoms with Crippen LogP contribution in [-0.2, 0) is 4.74 Å². The highest BCUT2D eigenvalue weighted by molar-refractivity contribution is 6.33. The van der Waals surface area contributed by atoms with Crippen molar-refractivity contribution < 1.29 is 14.3 Å². The van der Waals surface area contributed by atoms with Crippen molar-refractivity contribution in [2.45, 2.75) is 12.3 Å². The molecule has 0 aliphatic carbocycles. The predicted octanol–water partition coefficient (Wildman–Crippen LogP) is 2.28. The van der Waals surface area contributed by atoms with Gasteiger partial charge in [-0.2, -0.15) is 0 Å². The summed E-state index contributed by atoms with van der Waals surface area (Å²) in [6.07, 6.45) is 0. The van der Waals surface area contributed by atoms with Crippen molar-refractivity contribution in [3.8, 4) is 0 Å². The monoisotopic (exact) mass is 226 g/mol. The quantitative estimate of drug-likeness (QED) is 0.451. The molecule has 4 heteroatoms. The molecule has 3 nitrogen and oxygen atoms in total. The van der Waals surface area contributed by atoms with Crippen LogP contribution < -0.4 is 0 Å². The minimum absolute atomic E-state index is 0.206. The van der Waals surface area contributed by atoms with Crippen molar-refractivity contribution in [2.75, 3.05) is 7.11 Å². The van der Waals surface area contributed by atoms with Gasteiger partial charge in [-0.1, -0.05) is 12.1 Å². The number of ether oxygens (including phenoxy) is 1. The molecular formula is C11H11ClO3. The van der Waals surface area contributed by atoms with E-state index in [1.807, 2.05) is 0 Å². The lowest BCUT2D eigenvalue weighted by Gasteiger charge is -2.04. The molecule has 0 aliphatic rings. The van der Waals surface area contributed by atoms with Gasteiger partial charge in [0.05, 0.1) is 18.1 Å². The molecule has 1 rings (SSSR count). The number of carbonyl (C=O) groups excluding carboxylic acids is 2. The molecule has 0 saturated heterocycles. The zero-order valence-electron chi connectivity index (χ0n) is 8.49. The number of hydrogen-bond acceptors (Lipinski definition) is 3. The maximum absolute atomic E-state index is 11.5. The maximum Gasteiger partial charge on any atom is 0.337 e. The minimum atomic E-state index is -0.599. The van der Waals surface area contributed by atoms with Crippen molar-refractivity contribution in [3.63, 3.8) is 0 Å². The third-order valence-electron chi connectivity index (χ3n) is 1.93. The summed E-state index contributed by atoms with van der Waals surface area (Å²) in [7, 11) is 1.29. The predicted molar refractivity (Wildman–Crippen MR) is 57.4 cm³/mol. The normalized spacial score (nSPS) is 11.9. The smallest absolute Gasteiger partial charge is 0.337 e. The fourth-order valence-electron chi connectivity index (χ4n) is 1.15. The van der Waals surface area contributed by atoms with Crippen molar-refractivity contribution >= 4 is 23.4 Å². The first-order valence-electron chi connectivity index (χ1n) is 4.43. The van der Waals surface area contributed by atoms with Gasteiger partial charge in [0.1, 0.15) is 0 Å². The highest BCUT2D eigenvalue weighted by Crippen LogP contribution is 2.11. The summed E-state index contributed by atoms with van der Waals surface area (Å²) in [5, 5.41) is -0.599. The Morgan fingerprint density at radius 1 is 1.33 bits per heavy atom. The average Bonchev–Trinajstić information content (AvgIpc) is 2.27. The Kier molecular flexibility index (Phi) is 3.86. The Morgan fingerprint density at radius 2 is 1.93 bits per heavy atom. The average molecular weight is 227 g/mol. The van der Waals surface area contributed by atoms with Crippen LogP contribution in [0.4, 0.5) is 0 Å². The number of Topliss-reactive ketones (excluding diaryl/α,β-unsaturated/α-hetero) is 1. The number of carbonyl (C=O) groups is 2. The Labute approximate surface area is 93.0 Å². The molecule has 0 fully saturated rings. The van der Waals surface area contributed by atoms with Crippen LogP contribution in [0.2, 0.25) is 0 Å². The molecule has 0 saturated carbocycles. The molecule has 1 unspecified atom stereocenters. The summed E-state index contributed by atoms with van der Waals surface area (Å²) in [4.78, 5) is 22.7. The summed E-state index contributed by atoms with van der Waals surface area (Å²) in [6, 6.07) is 6.31. The number of benzene rings is 1. The van der Waals surface area contributed by atoms with Gasteiger partial charge in [-0.15, -0.1) is 11.6 Å². The van der Waals surface area contributed by atoms with Crippen LogP contribution in [0.25, 0.3) is 0 Å². The first-order valence-corrected chi connectivity index (χ1v) is 4.86. The van der Waals surface area contributed by atoms with E-state index in [-0.39, 0.29) is 5.78 Å². The van der Waals surface area contributed by atoms with Gasteiger partial charge in [0.2, 0.25) is 0 Å². The molecule has 0 spiro atoms. The number of hydrogen-bond donors (Lipinski definition) is 0. The zero-order valence-corrected chi connectivity index (χ0v) is 9.25. The summed E-state index contributed by atoms with van der Waals surface area (Å²) < 4.78 is 4.55. The fraction of sp³-hybridized carbons (Fsp3) is 0.273. The van der Waals surface area contributed by atoms with Gasteiger partial charge in [-0.25, -0.2) is 4.79 Å². The zero-order chi connectivity index (χ0) is 11.4. The van der Waals surface area contributed by atoms with Crippen molar-refractivity contribution in [3.05, 3.63) is 35.4 Å². The molecule has 0 bridgehead atoms. The SMILES string of the molecule is COC(=O)c1cccc(C(=O)C(C)Cl)c1. The van der Waals surface area contributed by atoms with Crippen LogP contribution >= 0.6 is 11.6 Å². The second-order valence-electron chi connectivity index (χ2n) is 3.05. The van der Waals surface area contributed by atoms with Gasteiger partial charge in [0.25, 0.3) is 0 Å². The second kappa shape index (κ2) is 4.94. The van der Waals surface area contributed by atoms with Crippen LogP contribution in [0.3, 0.4) is 0 Å². The number of alkyl halides is 1. The van der Waals surface area contributed by atoms with Crippen LogP contribution in [0.1, 0.15) is 27.6 Å². The molecule has 1 aromatic carbocycles. The number of esters is 1. The van der Waals surface area contributed by atoms with Crippen LogP contribution in [-0.4, -0.2) is 24.2 Å². The highest BCUT2D eigenvalue weighted by Gasteiger charge is 2.14. The molecule has 1 aromatic rings. The molecule has 0 N–H and O–H groups in total. The highest BCUT2D eigenvalue weighted by atomic mass is 35.5. The molecule has 0 heterocycles. The topological polar surface area (TPSA) is 43.4 Å².